The molecule has 0 spiro atoms. The lowest BCUT2D eigenvalue weighted by molar-refractivity contribution is -0.0278. The highest BCUT2D eigenvalue weighted by Gasteiger charge is 2.44. The molecule has 1 aromatic rings. The molecule has 1 fully saturated rings. The Labute approximate surface area is 154 Å². The van der Waals surface area contributed by atoms with Crippen molar-refractivity contribution in [2.45, 2.75) is 65.4 Å². The molecule has 1 saturated carbocycles. The minimum absolute atomic E-state index is 0.236. The highest BCUT2D eigenvalue weighted by Crippen LogP contribution is 2.45. The second-order valence-electron chi connectivity index (χ2n) is 8.62. The molecule has 1 aromatic carbocycles. The minimum Gasteiger partial charge on any atom is -0.262 e. The van der Waals surface area contributed by atoms with E-state index >= 15 is 0 Å². The zero-order chi connectivity index (χ0) is 18.8. The lowest BCUT2D eigenvalue weighted by Crippen LogP contribution is -2.45. The largest absolute Gasteiger partial charge is 0.297 e. The van der Waals surface area contributed by atoms with E-state index in [1.54, 1.807) is 24.3 Å². The van der Waals surface area contributed by atoms with Crippen LogP contribution in [-0.2, 0) is 14.3 Å². The minimum atomic E-state index is -3.73. The van der Waals surface area contributed by atoms with Gasteiger partial charge in [-0.15, -0.1) is 0 Å². The summed E-state index contributed by atoms with van der Waals surface area (Å²) in [5.41, 5.74) is 0. The number of hydrogen-bond acceptors (Lipinski definition) is 3. The lowest BCUT2D eigenvalue weighted by atomic mass is 9.64. The fraction of sp³-hybridized carbons (Fsp3) is 0.714. The molecular weight excluding hydrogens is 332 g/mol. The summed E-state index contributed by atoms with van der Waals surface area (Å²) in [6, 6.07) is 8.53. The molecule has 0 heterocycles. The molecule has 1 aliphatic carbocycles. The van der Waals surface area contributed by atoms with E-state index in [2.05, 4.69) is 41.5 Å². The van der Waals surface area contributed by atoms with E-state index in [4.69, 9.17) is 4.18 Å². The summed E-state index contributed by atoms with van der Waals surface area (Å²) in [6.45, 7) is 13.3. The van der Waals surface area contributed by atoms with Crippen LogP contribution in [0.5, 0.6) is 0 Å². The molecular formula is C21H34O3S. The van der Waals surface area contributed by atoms with Gasteiger partial charge in [0, 0.05) is 0 Å². The van der Waals surface area contributed by atoms with E-state index in [0.717, 1.165) is 12.8 Å². The van der Waals surface area contributed by atoms with Crippen molar-refractivity contribution in [3.8, 4) is 0 Å². The zero-order valence-corrected chi connectivity index (χ0v) is 17.3. The molecule has 0 radical (unpaired) electrons. The van der Waals surface area contributed by atoms with Gasteiger partial charge in [-0.05, 0) is 60.5 Å². The van der Waals surface area contributed by atoms with Crippen LogP contribution in [0.2, 0.25) is 0 Å². The van der Waals surface area contributed by atoms with Crippen LogP contribution in [0.25, 0.3) is 0 Å². The average Bonchev–Trinajstić information content (AvgIpc) is 2.54. The van der Waals surface area contributed by atoms with Crippen molar-refractivity contribution in [1.29, 1.82) is 0 Å². The topological polar surface area (TPSA) is 43.4 Å². The van der Waals surface area contributed by atoms with Crippen LogP contribution in [0.3, 0.4) is 0 Å². The Morgan fingerprint density at radius 2 is 1.32 bits per heavy atom. The normalized spacial score (nSPS) is 28.0. The fourth-order valence-electron chi connectivity index (χ4n) is 4.16. The molecule has 0 amide bonds. The third-order valence-corrected chi connectivity index (χ3v) is 7.24. The predicted molar refractivity (Wildman–Crippen MR) is 103 cm³/mol. The summed E-state index contributed by atoms with van der Waals surface area (Å²) in [6.07, 6.45) is 1.86. The van der Waals surface area contributed by atoms with Crippen LogP contribution < -0.4 is 0 Å². The van der Waals surface area contributed by atoms with E-state index in [1.165, 1.54) is 0 Å². The van der Waals surface area contributed by atoms with Crippen molar-refractivity contribution in [1.82, 2.24) is 0 Å². The highest BCUT2D eigenvalue weighted by atomic mass is 32.2. The van der Waals surface area contributed by atoms with Gasteiger partial charge in [0.2, 0.25) is 0 Å². The molecule has 0 N–H and O–H groups in total. The molecule has 3 nitrogen and oxygen atoms in total. The molecule has 1 aliphatic rings. The maximum atomic E-state index is 12.8. The van der Waals surface area contributed by atoms with Crippen molar-refractivity contribution >= 4 is 10.1 Å². The van der Waals surface area contributed by atoms with Gasteiger partial charge in [0.25, 0.3) is 10.1 Å². The third-order valence-electron chi connectivity index (χ3n) is 5.92. The van der Waals surface area contributed by atoms with Crippen LogP contribution in [0.4, 0.5) is 0 Å². The zero-order valence-electron chi connectivity index (χ0n) is 16.5. The van der Waals surface area contributed by atoms with Crippen LogP contribution >= 0.6 is 0 Å². The standard InChI is InChI=1S/C21H34O3S/c1-14(2)17-12-19(15(3)4)21(20(13-17)16(5)6)24-25(22,23)18-10-8-7-9-11-18/h7-11,14-17,19-21H,12-13H2,1-6H3. The molecule has 2 unspecified atom stereocenters. The Bertz CT molecular complexity index is 616. The molecule has 4 heteroatoms. The maximum Gasteiger partial charge on any atom is 0.297 e. The molecule has 25 heavy (non-hydrogen) atoms. The van der Waals surface area contributed by atoms with E-state index in [-0.39, 0.29) is 22.8 Å². The maximum absolute atomic E-state index is 12.8. The summed E-state index contributed by atoms with van der Waals surface area (Å²) in [5.74, 6) is 2.60. The molecule has 2 rings (SSSR count). The Morgan fingerprint density at radius 1 is 0.840 bits per heavy atom. The van der Waals surface area contributed by atoms with Gasteiger partial charge in [-0.3, -0.25) is 4.18 Å². The molecule has 0 bridgehead atoms. The molecule has 0 aromatic heterocycles. The van der Waals surface area contributed by atoms with Gasteiger partial charge in [0.15, 0.2) is 0 Å². The number of hydrogen-bond donors (Lipinski definition) is 0. The second-order valence-corrected chi connectivity index (χ2v) is 10.2. The lowest BCUT2D eigenvalue weighted by Gasteiger charge is -2.45. The summed E-state index contributed by atoms with van der Waals surface area (Å²) < 4.78 is 31.6. The van der Waals surface area contributed by atoms with Crippen molar-refractivity contribution in [3.63, 3.8) is 0 Å². The first-order valence-corrected chi connectivity index (χ1v) is 11.0. The van der Waals surface area contributed by atoms with Gasteiger partial charge in [-0.25, -0.2) is 0 Å². The molecule has 142 valence electrons. The first-order chi connectivity index (χ1) is 11.6. The first kappa shape index (κ1) is 20.4. The van der Waals surface area contributed by atoms with Crippen LogP contribution in [0.15, 0.2) is 35.2 Å². The monoisotopic (exact) mass is 366 g/mol. The Kier molecular flexibility index (Phi) is 6.72. The van der Waals surface area contributed by atoms with Gasteiger partial charge in [0.1, 0.15) is 0 Å². The van der Waals surface area contributed by atoms with Gasteiger partial charge < -0.3 is 0 Å². The molecule has 0 aliphatic heterocycles. The summed E-state index contributed by atoms with van der Waals surface area (Å²) >= 11 is 0. The van der Waals surface area contributed by atoms with Crippen LogP contribution in [-0.4, -0.2) is 14.5 Å². The van der Waals surface area contributed by atoms with Crippen molar-refractivity contribution in [2.24, 2.45) is 35.5 Å². The third kappa shape index (κ3) is 4.85. The Morgan fingerprint density at radius 3 is 1.72 bits per heavy atom. The van der Waals surface area contributed by atoms with Gasteiger partial charge in [-0.1, -0.05) is 59.7 Å². The fourth-order valence-corrected chi connectivity index (χ4v) is 5.34. The van der Waals surface area contributed by atoms with Crippen LogP contribution in [0.1, 0.15) is 54.4 Å². The highest BCUT2D eigenvalue weighted by molar-refractivity contribution is 7.86. The van der Waals surface area contributed by atoms with Crippen LogP contribution in [0, 0.1) is 35.5 Å². The molecule has 0 saturated heterocycles. The number of rotatable bonds is 6. The molecule has 2 atom stereocenters. The second kappa shape index (κ2) is 8.22. The summed E-state index contributed by atoms with van der Waals surface area (Å²) in [4.78, 5) is 0.256. The summed E-state index contributed by atoms with van der Waals surface area (Å²) in [5, 5.41) is 0. The van der Waals surface area contributed by atoms with Crippen molar-refractivity contribution in [2.75, 3.05) is 0 Å². The van der Waals surface area contributed by atoms with Crippen molar-refractivity contribution in [3.05, 3.63) is 30.3 Å². The van der Waals surface area contributed by atoms with Gasteiger partial charge in [0.05, 0.1) is 11.0 Å². The Hall–Kier alpha value is -0.870. The van der Waals surface area contributed by atoms with Gasteiger partial charge in [-0.2, -0.15) is 8.42 Å². The number of benzene rings is 1. The smallest absolute Gasteiger partial charge is 0.262 e. The van der Waals surface area contributed by atoms with E-state index in [1.807, 2.05) is 6.07 Å². The SMILES string of the molecule is CC(C)C1CC(C(C)C)C(OS(=O)(=O)c2ccccc2)C(C(C)C)C1. The first-order valence-electron chi connectivity index (χ1n) is 9.61. The van der Waals surface area contributed by atoms with E-state index < -0.39 is 10.1 Å². The average molecular weight is 367 g/mol. The van der Waals surface area contributed by atoms with E-state index in [0.29, 0.717) is 23.7 Å². The quantitative estimate of drug-likeness (QED) is 0.636. The van der Waals surface area contributed by atoms with Crippen molar-refractivity contribution < 1.29 is 12.6 Å². The predicted octanol–water partition coefficient (Wildman–Crippen LogP) is 5.37. The van der Waals surface area contributed by atoms with Gasteiger partial charge >= 0.3 is 0 Å². The summed E-state index contributed by atoms with van der Waals surface area (Å²) in [7, 11) is -3.73. The Balaban J connectivity index is 2.34. The van der Waals surface area contributed by atoms with E-state index in [9.17, 15) is 8.42 Å².